The van der Waals surface area contributed by atoms with Crippen molar-refractivity contribution in [2.24, 2.45) is 0 Å². The third-order valence-electron chi connectivity index (χ3n) is 3.13. The zero-order chi connectivity index (χ0) is 17.1. The van der Waals surface area contributed by atoms with Gasteiger partial charge in [0.15, 0.2) is 0 Å². The van der Waals surface area contributed by atoms with E-state index in [0.717, 1.165) is 11.8 Å². The van der Waals surface area contributed by atoms with Crippen LogP contribution in [-0.4, -0.2) is 43.6 Å². The molecule has 10 heteroatoms. The van der Waals surface area contributed by atoms with E-state index in [2.05, 4.69) is 25.6 Å². The number of hydrogen-bond acceptors (Lipinski definition) is 7. The van der Waals surface area contributed by atoms with E-state index >= 15 is 0 Å². The quantitative estimate of drug-likeness (QED) is 0.659. The molecule has 1 amide bonds. The smallest absolute Gasteiger partial charge is 0.273 e. The number of anilines is 1. The van der Waals surface area contributed by atoms with E-state index in [9.17, 15) is 9.59 Å². The van der Waals surface area contributed by atoms with Crippen LogP contribution in [0.3, 0.4) is 0 Å². The lowest BCUT2D eigenvalue weighted by molar-refractivity contribution is -0.113. The number of carbonyl (C=O) groups excluding carboxylic acids is 1. The molecule has 0 aliphatic carbocycles. The van der Waals surface area contributed by atoms with Crippen LogP contribution in [0, 0.1) is 6.92 Å². The second-order valence-electron chi connectivity index (χ2n) is 4.79. The lowest BCUT2D eigenvalue weighted by Crippen LogP contribution is -2.17. The molecule has 0 saturated heterocycles. The Morgan fingerprint density at radius 2 is 2.17 bits per heavy atom. The van der Waals surface area contributed by atoms with Crippen LogP contribution in [0.1, 0.15) is 5.69 Å². The van der Waals surface area contributed by atoms with Crippen molar-refractivity contribution < 1.29 is 9.53 Å². The average molecular weight is 346 g/mol. The molecule has 0 fully saturated rings. The Morgan fingerprint density at radius 1 is 1.38 bits per heavy atom. The number of benzene rings is 1. The fourth-order valence-corrected chi connectivity index (χ4v) is 2.66. The molecule has 2 heterocycles. The Bertz CT molecular complexity index is 951. The number of ether oxygens (including phenoxy) is 1. The molecule has 9 nitrogen and oxygen atoms in total. The van der Waals surface area contributed by atoms with E-state index < -0.39 is 0 Å². The number of nitrogens with zero attached hydrogens (tertiary/aromatic N) is 4. The van der Waals surface area contributed by atoms with Gasteiger partial charge in [-0.1, -0.05) is 23.9 Å². The van der Waals surface area contributed by atoms with Gasteiger partial charge in [0.25, 0.3) is 11.3 Å². The van der Waals surface area contributed by atoms with Gasteiger partial charge in [-0.15, -0.1) is 10.2 Å². The lowest BCUT2D eigenvalue weighted by Gasteiger charge is -2.09. The van der Waals surface area contributed by atoms with Crippen LogP contribution in [0.15, 0.2) is 34.2 Å². The first-order valence-corrected chi connectivity index (χ1v) is 7.95. The fraction of sp³-hybridized carbons (Fsp3) is 0.214. The monoisotopic (exact) mass is 346 g/mol. The van der Waals surface area contributed by atoms with Crippen molar-refractivity contribution in [2.45, 2.75) is 12.1 Å². The van der Waals surface area contributed by atoms with Gasteiger partial charge in [0, 0.05) is 0 Å². The van der Waals surface area contributed by atoms with Crippen molar-refractivity contribution in [3.63, 3.8) is 0 Å². The van der Waals surface area contributed by atoms with Crippen molar-refractivity contribution in [1.29, 1.82) is 0 Å². The molecular formula is C14H14N6O3S. The Balaban J connectivity index is 1.70. The first-order chi connectivity index (χ1) is 11.6. The third-order valence-corrected chi connectivity index (χ3v) is 4.05. The number of methoxy groups -OCH3 is 1. The number of nitrogens with one attached hydrogen (secondary N) is 2. The van der Waals surface area contributed by atoms with Crippen LogP contribution in [0.2, 0.25) is 0 Å². The van der Waals surface area contributed by atoms with Crippen molar-refractivity contribution in [2.75, 3.05) is 18.2 Å². The number of amides is 1. The van der Waals surface area contributed by atoms with Crippen LogP contribution in [-0.2, 0) is 4.79 Å². The molecule has 0 saturated carbocycles. The molecule has 124 valence electrons. The van der Waals surface area contributed by atoms with Gasteiger partial charge in [-0.2, -0.15) is 9.61 Å². The highest BCUT2D eigenvalue weighted by Crippen LogP contribution is 2.23. The van der Waals surface area contributed by atoms with Gasteiger partial charge in [-0.3, -0.25) is 14.6 Å². The Morgan fingerprint density at radius 3 is 2.96 bits per heavy atom. The van der Waals surface area contributed by atoms with Gasteiger partial charge in [0.05, 0.1) is 18.6 Å². The maximum absolute atomic E-state index is 12.1. The van der Waals surface area contributed by atoms with Crippen LogP contribution < -0.4 is 15.6 Å². The summed E-state index contributed by atoms with van der Waals surface area (Å²) in [4.78, 5) is 26.2. The summed E-state index contributed by atoms with van der Waals surface area (Å²) in [6.07, 6.45) is 0. The number of hydrogen-bond donors (Lipinski definition) is 2. The molecule has 0 unspecified atom stereocenters. The molecule has 3 aromatic rings. The third kappa shape index (κ3) is 3.23. The van der Waals surface area contributed by atoms with Gasteiger partial charge in [0.2, 0.25) is 11.1 Å². The predicted octanol–water partition coefficient (Wildman–Crippen LogP) is 0.860. The fourth-order valence-electron chi connectivity index (χ4n) is 1.98. The highest BCUT2D eigenvalue weighted by atomic mass is 32.2. The van der Waals surface area contributed by atoms with E-state index in [4.69, 9.17) is 4.74 Å². The van der Waals surface area contributed by atoms with Crippen molar-refractivity contribution in [1.82, 2.24) is 24.8 Å². The Hall–Kier alpha value is -2.88. The number of aromatic nitrogens is 5. The van der Waals surface area contributed by atoms with Crippen molar-refractivity contribution >= 4 is 29.1 Å². The number of thioether (sulfide) groups is 1. The van der Waals surface area contributed by atoms with Crippen LogP contribution in [0.5, 0.6) is 5.75 Å². The molecule has 3 rings (SSSR count). The molecular weight excluding hydrogens is 332 g/mol. The highest BCUT2D eigenvalue weighted by Gasteiger charge is 2.13. The predicted molar refractivity (Wildman–Crippen MR) is 88.5 cm³/mol. The molecule has 0 radical (unpaired) electrons. The first-order valence-electron chi connectivity index (χ1n) is 6.96. The summed E-state index contributed by atoms with van der Waals surface area (Å²) in [7, 11) is 1.54. The van der Waals surface area contributed by atoms with Crippen molar-refractivity contribution in [3.8, 4) is 5.75 Å². The summed E-state index contributed by atoms with van der Waals surface area (Å²) >= 11 is 1.16. The molecule has 0 atom stereocenters. The van der Waals surface area contributed by atoms with E-state index in [-0.39, 0.29) is 23.0 Å². The van der Waals surface area contributed by atoms with Gasteiger partial charge in [-0.05, 0) is 19.1 Å². The molecule has 1 aromatic carbocycles. The summed E-state index contributed by atoms with van der Waals surface area (Å²) in [6.45, 7) is 1.58. The number of aromatic amines is 1. The molecule has 2 N–H and O–H groups in total. The van der Waals surface area contributed by atoms with Gasteiger partial charge in [0.1, 0.15) is 11.4 Å². The second-order valence-corrected chi connectivity index (χ2v) is 5.74. The number of rotatable bonds is 5. The van der Waals surface area contributed by atoms with E-state index in [1.165, 1.54) is 11.6 Å². The molecule has 24 heavy (non-hydrogen) atoms. The Kier molecular flexibility index (Phi) is 4.47. The number of H-pyrrole nitrogens is 1. The summed E-state index contributed by atoms with van der Waals surface area (Å²) < 4.78 is 6.59. The van der Waals surface area contributed by atoms with E-state index in [1.54, 1.807) is 25.1 Å². The summed E-state index contributed by atoms with van der Waals surface area (Å²) in [5.74, 6) is 0.706. The minimum absolute atomic E-state index is 0.110. The standard InChI is InChI=1S/C14H14N6O3S/c1-8-12(22)16-13-17-18-14(20(13)19-8)24-7-11(21)15-9-5-3-4-6-10(9)23-2/h3-6H,7H2,1-2H3,(H,15,21)(H,16,17,22). The maximum atomic E-state index is 12.1. The molecule has 0 aliphatic heterocycles. The molecule has 0 spiro atoms. The average Bonchev–Trinajstić information content (AvgIpc) is 2.96. The van der Waals surface area contributed by atoms with Crippen molar-refractivity contribution in [3.05, 3.63) is 40.3 Å². The summed E-state index contributed by atoms with van der Waals surface area (Å²) in [5, 5.41) is 15.0. The van der Waals surface area contributed by atoms with E-state index in [1.807, 2.05) is 6.07 Å². The van der Waals surface area contributed by atoms with Crippen LogP contribution in [0.25, 0.3) is 5.78 Å². The minimum atomic E-state index is -0.319. The minimum Gasteiger partial charge on any atom is -0.495 e. The molecule has 2 aromatic heterocycles. The summed E-state index contributed by atoms with van der Waals surface area (Å²) in [5.41, 5.74) is 0.568. The Labute approximate surface area is 140 Å². The van der Waals surface area contributed by atoms with Gasteiger partial charge < -0.3 is 10.1 Å². The van der Waals surface area contributed by atoms with Gasteiger partial charge >= 0.3 is 0 Å². The molecule has 0 bridgehead atoms. The maximum Gasteiger partial charge on any atom is 0.273 e. The SMILES string of the molecule is COc1ccccc1NC(=O)CSc1nnc2[nH]c(=O)c(C)nn12. The van der Waals surface area contributed by atoms with Crippen LogP contribution in [0.4, 0.5) is 5.69 Å². The van der Waals surface area contributed by atoms with E-state index in [0.29, 0.717) is 22.3 Å². The zero-order valence-electron chi connectivity index (χ0n) is 12.9. The normalized spacial score (nSPS) is 10.8. The lowest BCUT2D eigenvalue weighted by atomic mass is 10.3. The first kappa shape index (κ1) is 16.0. The summed E-state index contributed by atoms with van der Waals surface area (Å²) in [6, 6.07) is 7.14. The topological polar surface area (TPSA) is 114 Å². The largest absolute Gasteiger partial charge is 0.495 e. The molecule has 0 aliphatic rings. The number of fused-ring (bicyclic) bond motifs is 1. The second kappa shape index (κ2) is 6.71. The van der Waals surface area contributed by atoms with Crippen LogP contribution >= 0.6 is 11.8 Å². The zero-order valence-corrected chi connectivity index (χ0v) is 13.8. The van der Waals surface area contributed by atoms with Gasteiger partial charge in [-0.25, -0.2) is 0 Å². The highest BCUT2D eigenvalue weighted by molar-refractivity contribution is 7.99. The number of aryl methyl sites for hydroxylation is 1. The number of carbonyl (C=O) groups is 1. The number of para-hydroxylation sites is 2.